The summed E-state index contributed by atoms with van der Waals surface area (Å²) in [6.45, 7) is 3.35. The molecule has 1 fully saturated rings. The summed E-state index contributed by atoms with van der Waals surface area (Å²) in [6, 6.07) is 5.74. The van der Waals surface area contributed by atoms with Crippen LogP contribution in [0, 0.1) is 5.92 Å². The Morgan fingerprint density at radius 1 is 1.35 bits per heavy atom. The Morgan fingerprint density at radius 2 is 2.05 bits per heavy atom. The molecule has 2 rings (SSSR count). The molecule has 0 aromatic heterocycles. The Morgan fingerprint density at radius 3 is 2.70 bits per heavy atom. The van der Waals surface area contributed by atoms with Crippen LogP contribution < -0.4 is 0 Å². The maximum Gasteiger partial charge on any atom is 0.338 e. The quantitative estimate of drug-likeness (QED) is 0.856. The second kappa shape index (κ2) is 6.41. The van der Waals surface area contributed by atoms with E-state index in [0.29, 0.717) is 11.5 Å². The van der Waals surface area contributed by atoms with Crippen LogP contribution >= 0.6 is 0 Å². The average Bonchev–Trinajstić information content (AvgIpc) is 2.45. The van der Waals surface area contributed by atoms with Crippen molar-refractivity contribution in [3.8, 4) is 5.75 Å². The molecule has 1 aromatic rings. The topological polar surface area (TPSA) is 66.8 Å². The molecule has 108 valence electrons. The zero-order chi connectivity index (χ0) is 14.5. The highest BCUT2D eigenvalue weighted by atomic mass is 16.5. The lowest BCUT2D eigenvalue weighted by Crippen LogP contribution is -2.41. The summed E-state index contributed by atoms with van der Waals surface area (Å²) in [4.78, 5) is 25.4. The number of esters is 1. The summed E-state index contributed by atoms with van der Waals surface area (Å²) in [7, 11) is 0. The second-order valence-corrected chi connectivity index (χ2v) is 5.21. The van der Waals surface area contributed by atoms with Gasteiger partial charge in [-0.2, -0.15) is 0 Å². The van der Waals surface area contributed by atoms with E-state index in [4.69, 9.17) is 9.84 Å². The van der Waals surface area contributed by atoms with Gasteiger partial charge in [-0.15, -0.1) is 0 Å². The fourth-order valence-electron chi connectivity index (χ4n) is 2.32. The molecule has 0 saturated carbocycles. The highest BCUT2D eigenvalue weighted by Gasteiger charge is 2.21. The van der Waals surface area contributed by atoms with Gasteiger partial charge in [0.05, 0.1) is 5.56 Å². The molecule has 5 heteroatoms. The first kappa shape index (κ1) is 14.4. The van der Waals surface area contributed by atoms with Crippen LogP contribution in [-0.2, 0) is 9.53 Å². The third kappa shape index (κ3) is 3.73. The van der Waals surface area contributed by atoms with Gasteiger partial charge in [0.25, 0.3) is 5.91 Å². The van der Waals surface area contributed by atoms with E-state index in [1.165, 1.54) is 24.3 Å². The summed E-state index contributed by atoms with van der Waals surface area (Å²) in [5, 5.41) is 9.14. The number of phenolic OH excluding ortho intramolecular Hbond substituents is 1. The molecule has 0 unspecified atom stereocenters. The zero-order valence-electron chi connectivity index (χ0n) is 11.5. The number of hydrogen-bond acceptors (Lipinski definition) is 4. The first-order valence-corrected chi connectivity index (χ1v) is 6.80. The van der Waals surface area contributed by atoms with Crippen molar-refractivity contribution >= 4 is 11.9 Å². The summed E-state index contributed by atoms with van der Waals surface area (Å²) >= 11 is 0. The van der Waals surface area contributed by atoms with Gasteiger partial charge in [-0.1, -0.05) is 6.92 Å². The van der Waals surface area contributed by atoms with Gasteiger partial charge < -0.3 is 14.7 Å². The first-order valence-electron chi connectivity index (χ1n) is 6.80. The minimum Gasteiger partial charge on any atom is -0.508 e. The van der Waals surface area contributed by atoms with E-state index in [0.717, 1.165) is 25.9 Å². The Labute approximate surface area is 118 Å². The molecule has 0 aliphatic carbocycles. The maximum absolute atomic E-state index is 11.9. The number of hydrogen-bond donors (Lipinski definition) is 1. The van der Waals surface area contributed by atoms with E-state index >= 15 is 0 Å². The maximum atomic E-state index is 11.9. The van der Waals surface area contributed by atoms with Crippen LogP contribution in [0.15, 0.2) is 24.3 Å². The zero-order valence-corrected chi connectivity index (χ0v) is 11.5. The molecule has 1 saturated heterocycles. The molecule has 1 aliphatic rings. The Balaban J connectivity index is 1.83. The number of piperidine rings is 1. The molecule has 0 radical (unpaired) electrons. The highest BCUT2D eigenvalue weighted by Crippen LogP contribution is 2.15. The number of likely N-dealkylation sites (tertiary alicyclic amines) is 1. The van der Waals surface area contributed by atoms with Crippen molar-refractivity contribution in [3.63, 3.8) is 0 Å². The van der Waals surface area contributed by atoms with Crippen molar-refractivity contribution in [3.05, 3.63) is 29.8 Å². The van der Waals surface area contributed by atoms with Crippen LogP contribution in [0.25, 0.3) is 0 Å². The predicted molar refractivity (Wildman–Crippen MR) is 73.4 cm³/mol. The normalized spacial score (nSPS) is 18.6. The molecule has 1 atom stereocenters. The fraction of sp³-hybridized carbons (Fsp3) is 0.467. The molecule has 0 bridgehead atoms. The van der Waals surface area contributed by atoms with Crippen molar-refractivity contribution in [1.82, 2.24) is 4.90 Å². The van der Waals surface area contributed by atoms with E-state index < -0.39 is 5.97 Å². The van der Waals surface area contributed by atoms with Crippen molar-refractivity contribution in [1.29, 1.82) is 0 Å². The van der Waals surface area contributed by atoms with Gasteiger partial charge in [-0.3, -0.25) is 4.79 Å². The number of phenols is 1. The van der Waals surface area contributed by atoms with E-state index in [9.17, 15) is 9.59 Å². The SMILES string of the molecule is C[C@H]1CCCN(C(=O)COC(=O)c2ccc(O)cc2)C1. The Hall–Kier alpha value is -2.04. The van der Waals surface area contributed by atoms with Crippen LogP contribution in [0.4, 0.5) is 0 Å². The standard InChI is InChI=1S/C15H19NO4/c1-11-3-2-8-16(9-11)14(18)10-20-15(19)12-4-6-13(17)7-5-12/h4-7,11,17H,2-3,8-10H2,1H3/t11-/m0/s1. The molecule has 1 aliphatic heterocycles. The molecule has 1 amide bonds. The number of rotatable bonds is 3. The Kier molecular flexibility index (Phi) is 4.61. The van der Waals surface area contributed by atoms with Crippen molar-refractivity contribution < 1.29 is 19.4 Å². The van der Waals surface area contributed by atoms with Gasteiger partial charge in [0.15, 0.2) is 6.61 Å². The number of carbonyl (C=O) groups excluding carboxylic acids is 2. The molecule has 0 spiro atoms. The molecular formula is C15H19NO4. The van der Waals surface area contributed by atoms with Crippen molar-refractivity contribution in [2.24, 2.45) is 5.92 Å². The van der Waals surface area contributed by atoms with Gasteiger partial charge in [0.2, 0.25) is 0 Å². The third-order valence-corrected chi connectivity index (χ3v) is 3.44. The predicted octanol–water partition coefficient (Wildman–Crippen LogP) is 1.81. The number of benzene rings is 1. The molecule has 1 N–H and O–H groups in total. The second-order valence-electron chi connectivity index (χ2n) is 5.21. The molecule has 1 heterocycles. The number of aromatic hydroxyl groups is 1. The number of ether oxygens (including phenoxy) is 1. The van der Waals surface area contributed by atoms with Crippen LogP contribution in [0.3, 0.4) is 0 Å². The highest BCUT2D eigenvalue weighted by molar-refractivity contribution is 5.91. The lowest BCUT2D eigenvalue weighted by Gasteiger charge is -2.30. The summed E-state index contributed by atoms with van der Waals surface area (Å²) in [6.07, 6.45) is 2.13. The van der Waals surface area contributed by atoms with E-state index in [2.05, 4.69) is 6.92 Å². The van der Waals surface area contributed by atoms with E-state index in [-0.39, 0.29) is 18.3 Å². The summed E-state index contributed by atoms with van der Waals surface area (Å²) < 4.78 is 5.01. The molecular weight excluding hydrogens is 258 g/mol. The third-order valence-electron chi connectivity index (χ3n) is 3.44. The van der Waals surface area contributed by atoms with Gasteiger partial charge in [0, 0.05) is 13.1 Å². The number of amides is 1. The number of carbonyl (C=O) groups is 2. The van der Waals surface area contributed by atoms with Crippen molar-refractivity contribution in [2.45, 2.75) is 19.8 Å². The van der Waals surface area contributed by atoms with Gasteiger partial charge in [-0.25, -0.2) is 4.79 Å². The molecule has 1 aromatic carbocycles. The van der Waals surface area contributed by atoms with Gasteiger partial charge >= 0.3 is 5.97 Å². The monoisotopic (exact) mass is 277 g/mol. The number of nitrogens with zero attached hydrogens (tertiary/aromatic N) is 1. The van der Waals surface area contributed by atoms with E-state index in [1.807, 2.05) is 0 Å². The smallest absolute Gasteiger partial charge is 0.338 e. The lowest BCUT2D eigenvalue weighted by atomic mass is 10.0. The first-order chi connectivity index (χ1) is 9.56. The average molecular weight is 277 g/mol. The minimum atomic E-state index is -0.552. The van der Waals surface area contributed by atoms with Gasteiger partial charge in [0.1, 0.15) is 5.75 Å². The van der Waals surface area contributed by atoms with Crippen LogP contribution in [0.5, 0.6) is 5.75 Å². The summed E-state index contributed by atoms with van der Waals surface area (Å²) in [5.41, 5.74) is 0.322. The minimum absolute atomic E-state index is 0.0833. The fourth-order valence-corrected chi connectivity index (χ4v) is 2.32. The summed E-state index contributed by atoms with van der Waals surface area (Å²) in [5.74, 6) is -0.118. The van der Waals surface area contributed by atoms with Crippen LogP contribution in [0.2, 0.25) is 0 Å². The molecule has 5 nitrogen and oxygen atoms in total. The van der Waals surface area contributed by atoms with Gasteiger partial charge in [-0.05, 0) is 43.0 Å². The largest absolute Gasteiger partial charge is 0.508 e. The molecule has 20 heavy (non-hydrogen) atoms. The Bertz CT molecular complexity index is 483. The lowest BCUT2D eigenvalue weighted by molar-refractivity contribution is -0.136. The van der Waals surface area contributed by atoms with Crippen molar-refractivity contribution in [2.75, 3.05) is 19.7 Å². The van der Waals surface area contributed by atoms with Crippen LogP contribution in [0.1, 0.15) is 30.1 Å². The van der Waals surface area contributed by atoms with E-state index in [1.54, 1.807) is 4.90 Å². The van der Waals surface area contributed by atoms with Crippen LogP contribution in [-0.4, -0.2) is 41.6 Å².